The quantitative estimate of drug-likeness (QED) is 0.369. The van der Waals surface area contributed by atoms with Gasteiger partial charge < -0.3 is 14.3 Å². The van der Waals surface area contributed by atoms with Crippen LogP contribution in [0.4, 0.5) is 5.82 Å². The molecular weight excluding hydrogens is 448 g/mol. The summed E-state index contributed by atoms with van der Waals surface area (Å²) in [6.07, 6.45) is 3.83. The molecule has 1 aliphatic carbocycles. The average molecular weight is 473 g/mol. The molecule has 0 spiro atoms. The van der Waals surface area contributed by atoms with Crippen molar-refractivity contribution < 1.29 is 9.21 Å². The molecule has 0 saturated heterocycles. The minimum atomic E-state index is -0.213. The molecule has 0 bridgehead atoms. The van der Waals surface area contributed by atoms with Gasteiger partial charge in [0.1, 0.15) is 23.5 Å². The van der Waals surface area contributed by atoms with Gasteiger partial charge in [0.2, 0.25) is 5.91 Å². The summed E-state index contributed by atoms with van der Waals surface area (Å²) >= 11 is 1.34. The Balaban J connectivity index is 1.36. The van der Waals surface area contributed by atoms with E-state index in [1.54, 1.807) is 6.26 Å². The Hall–Kier alpha value is -3.77. The van der Waals surface area contributed by atoms with Crippen molar-refractivity contribution in [1.29, 1.82) is 5.26 Å². The number of nitrogens with one attached hydrogen (secondary N) is 1. The van der Waals surface area contributed by atoms with Gasteiger partial charge in [-0.2, -0.15) is 5.26 Å². The monoisotopic (exact) mass is 472 g/mol. The van der Waals surface area contributed by atoms with Gasteiger partial charge in [0.05, 0.1) is 24.1 Å². The Morgan fingerprint density at radius 1 is 1.21 bits per heavy atom. The van der Waals surface area contributed by atoms with Gasteiger partial charge in [-0.3, -0.25) is 9.36 Å². The van der Waals surface area contributed by atoms with Crippen LogP contribution in [-0.4, -0.2) is 31.0 Å². The molecule has 0 aliphatic heterocycles. The molecule has 1 aliphatic rings. The first-order chi connectivity index (χ1) is 16.6. The Morgan fingerprint density at radius 2 is 2.00 bits per heavy atom. The zero-order valence-corrected chi connectivity index (χ0v) is 19.8. The topological polar surface area (TPSA) is 102 Å². The minimum Gasteiger partial charge on any atom is -0.467 e. The van der Waals surface area contributed by atoms with Crippen molar-refractivity contribution in [3.05, 3.63) is 77.1 Å². The lowest BCUT2D eigenvalue weighted by molar-refractivity contribution is -0.113. The van der Waals surface area contributed by atoms with E-state index in [0.717, 1.165) is 41.4 Å². The molecule has 3 heterocycles. The summed E-state index contributed by atoms with van der Waals surface area (Å²) in [5.74, 6) is 2.53. The average Bonchev–Trinajstić information content (AvgIpc) is 3.31. The number of furan rings is 1. The van der Waals surface area contributed by atoms with Gasteiger partial charge in [0, 0.05) is 17.3 Å². The van der Waals surface area contributed by atoms with E-state index in [1.807, 2.05) is 65.4 Å². The molecule has 9 heteroatoms. The van der Waals surface area contributed by atoms with E-state index in [2.05, 4.69) is 21.6 Å². The van der Waals surface area contributed by atoms with Crippen molar-refractivity contribution in [3.8, 4) is 11.8 Å². The summed E-state index contributed by atoms with van der Waals surface area (Å²) < 4.78 is 9.44. The SMILES string of the molecule is Cc1c(C#N)c(NC(=O)CSc2nnc(C3CC3)n2-c2ccccc2)n(Cc2ccco2)c1C. The standard InChI is InChI=1S/C25H24N6O2S/c1-16-17(2)30(14-20-9-6-12-33-20)24(21(16)13-26)27-22(32)15-34-25-29-28-23(18-10-11-18)31(25)19-7-4-3-5-8-19/h3-9,12,18H,10-11,14-15H2,1-2H3,(H,27,32). The number of hydrogen-bond acceptors (Lipinski definition) is 6. The van der Waals surface area contributed by atoms with Gasteiger partial charge in [0.15, 0.2) is 5.16 Å². The number of thioether (sulfide) groups is 1. The van der Waals surface area contributed by atoms with Gasteiger partial charge in [0.25, 0.3) is 0 Å². The lowest BCUT2D eigenvalue weighted by Gasteiger charge is -2.12. The van der Waals surface area contributed by atoms with E-state index in [0.29, 0.717) is 29.0 Å². The van der Waals surface area contributed by atoms with E-state index in [1.165, 1.54) is 11.8 Å². The second-order valence-corrected chi connectivity index (χ2v) is 9.28. The first-order valence-electron chi connectivity index (χ1n) is 11.1. The number of nitriles is 1. The summed E-state index contributed by atoms with van der Waals surface area (Å²) in [6.45, 7) is 4.25. The van der Waals surface area contributed by atoms with Gasteiger partial charge >= 0.3 is 0 Å². The highest BCUT2D eigenvalue weighted by atomic mass is 32.2. The maximum atomic E-state index is 13.0. The number of amides is 1. The Kier molecular flexibility index (Phi) is 5.99. The number of nitrogens with zero attached hydrogens (tertiary/aromatic N) is 5. The highest BCUT2D eigenvalue weighted by Gasteiger charge is 2.31. The zero-order chi connectivity index (χ0) is 23.7. The van der Waals surface area contributed by atoms with Gasteiger partial charge in [-0.25, -0.2) is 0 Å². The van der Waals surface area contributed by atoms with E-state index >= 15 is 0 Å². The van der Waals surface area contributed by atoms with E-state index < -0.39 is 0 Å². The number of rotatable bonds is 8. The number of para-hydroxylation sites is 1. The van der Waals surface area contributed by atoms with Crippen LogP contribution in [0.5, 0.6) is 0 Å². The Labute approximate surface area is 201 Å². The van der Waals surface area contributed by atoms with Crippen LogP contribution in [0.25, 0.3) is 5.69 Å². The molecule has 1 fully saturated rings. The maximum absolute atomic E-state index is 13.0. The molecule has 8 nitrogen and oxygen atoms in total. The molecule has 3 aromatic heterocycles. The van der Waals surface area contributed by atoms with Crippen molar-refractivity contribution in [2.45, 2.75) is 44.3 Å². The molecule has 5 rings (SSSR count). The number of carbonyl (C=O) groups is 1. The summed E-state index contributed by atoms with van der Waals surface area (Å²) in [6, 6.07) is 15.9. The smallest absolute Gasteiger partial charge is 0.235 e. The summed E-state index contributed by atoms with van der Waals surface area (Å²) in [5.41, 5.74) is 3.21. The molecule has 0 radical (unpaired) electrons. The zero-order valence-electron chi connectivity index (χ0n) is 19.0. The van der Waals surface area contributed by atoms with Crippen LogP contribution in [0.1, 0.15) is 47.2 Å². The van der Waals surface area contributed by atoms with Gasteiger partial charge in [-0.15, -0.1) is 10.2 Å². The second-order valence-electron chi connectivity index (χ2n) is 8.33. The number of anilines is 1. The molecule has 0 atom stereocenters. The number of hydrogen-bond donors (Lipinski definition) is 1. The third-order valence-electron chi connectivity index (χ3n) is 6.04. The molecule has 1 aromatic carbocycles. The number of aromatic nitrogens is 4. The van der Waals surface area contributed by atoms with Crippen molar-refractivity contribution in [1.82, 2.24) is 19.3 Å². The fraction of sp³-hybridized carbons (Fsp3) is 0.280. The first kappa shape index (κ1) is 22.0. The molecule has 1 saturated carbocycles. The third kappa shape index (κ3) is 4.24. The predicted molar refractivity (Wildman–Crippen MR) is 129 cm³/mol. The van der Waals surface area contributed by atoms with Crippen LogP contribution in [0, 0.1) is 25.2 Å². The van der Waals surface area contributed by atoms with Crippen molar-refractivity contribution >= 4 is 23.5 Å². The summed E-state index contributed by atoms with van der Waals surface area (Å²) in [7, 11) is 0. The van der Waals surface area contributed by atoms with Crippen molar-refractivity contribution in [2.24, 2.45) is 0 Å². The van der Waals surface area contributed by atoms with Gasteiger partial charge in [-0.1, -0.05) is 30.0 Å². The van der Waals surface area contributed by atoms with Crippen molar-refractivity contribution in [3.63, 3.8) is 0 Å². The lowest BCUT2D eigenvalue weighted by atomic mass is 10.2. The fourth-order valence-electron chi connectivity index (χ4n) is 3.99. The molecule has 4 aromatic rings. The molecule has 172 valence electrons. The lowest BCUT2D eigenvalue weighted by Crippen LogP contribution is -2.19. The third-order valence-corrected chi connectivity index (χ3v) is 6.97. The number of carbonyl (C=O) groups excluding carboxylic acids is 1. The molecule has 1 amide bonds. The fourth-order valence-corrected chi connectivity index (χ4v) is 4.74. The molecule has 1 N–H and O–H groups in total. The molecule has 0 unspecified atom stereocenters. The van der Waals surface area contributed by atoms with E-state index in [-0.39, 0.29) is 11.7 Å². The Bertz CT molecular complexity index is 1360. The van der Waals surface area contributed by atoms with E-state index in [4.69, 9.17) is 4.42 Å². The maximum Gasteiger partial charge on any atom is 0.235 e. The molecular formula is C25H24N6O2S. The van der Waals surface area contributed by atoms with Crippen molar-refractivity contribution in [2.75, 3.05) is 11.1 Å². The minimum absolute atomic E-state index is 0.143. The highest BCUT2D eigenvalue weighted by molar-refractivity contribution is 7.99. The predicted octanol–water partition coefficient (Wildman–Crippen LogP) is 4.81. The largest absolute Gasteiger partial charge is 0.467 e. The van der Waals surface area contributed by atoms with Crippen LogP contribution in [0.15, 0.2) is 58.3 Å². The highest BCUT2D eigenvalue weighted by Crippen LogP contribution is 2.41. The van der Waals surface area contributed by atoms with Crippen LogP contribution in [0.2, 0.25) is 0 Å². The first-order valence-corrected chi connectivity index (χ1v) is 12.1. The second kappa shape index (κ2) is 9.23. The molecule has 34 heavy (non-hydrogen) atoms. The van der Waals surface area contributed by atoms with E-state index in [9.17, 15) is 10.1 Å². The summed E-state index contributed by atoms with van der Waals surface area (Å²) in [5, 5.41) is 22.2. The van der Waals surface area contributed by atoms with Crippen LogP contribution in [-0.2, 0) is 11.3 Å². The number of benzene rings is 1. The van der Waals surface area contributed by atoms with Crippen LogP contribution in [0.3, 0.4) is 0 Å². The summed E-state index contributed by atoms with van der Waals surface area (Å²) in [4.78, 5) is 13.0. The van der Waals surface area contributed by atoms with Crippen LogP contribution < -0.4 is 5.32 Å². The Morgan fingerprint density at radius 3 is 2.68 bits per heavy atom. The normalized spacial score (nSPS) is 13.1. The van der Waals surface area contributed by atoms with Gasteiger partial charge in [-0.05, 0) is 56.5 Å². The van der Waals surface area contributed by atoms with Crippen LogP contribution >= 0.6 is 11.8 Å².